The van der Waals surface area contributed by atoms with Crippen LogP contribution in [0.1, 0.15) is 10.4 Å². The molecule has 0 bridgehead atoms. The van der Waals surface area contributed by atoms with Gasteiger partial charge in [-0.3, -0.25) is 14.5 Å². The zero-order valence-electron chi connectivity index (χ0n) is 12.2. The molecule has 3 rings (SSSR count). The first-order valence-corrected chi connectivity index (χ1v) is 6.99. The normalized spacial score (nSPS) is 18.5. The summed E-state index contributed by atoms with van der Waals surface area (Å²) in [5.41, 5.74) is 0.195. The van der Waals surface area contributed by atoms with Crippen molar-refractivity contribution in [1.82, 2.24) is 15.1 Å². The minimum atomic E-state index is -4.79. The van der Waals surface area contributed by atoms with Gasteiger partial charge >= 0.3 is 12.4 Å². The molecule has 128 valence electrons. The van der Waals surface area contributed by atoms with Gasteiger partial charge in [-0.15, -0.1) is 13.2 Å². The van der Waals surface area contributed by atoms with Crippen molar-refractivity contribution < 1.29 is 32.3 Å². The highest BCUT2D eigenvalue weighted by atomic mass is 19.4. The number of nitrogens with one attached hydrogen (secondary N) is 1. The number of alkyl halides is 3. The lowest BCUT2D eigenvalue weighted by atomic mass is 10.1. The third-order valence-electron chi connectivity index (χ3n) is 3.73. The van der Waals surface area contributed by atoms with Crippen LogP contribution in [0.5, 0.6) is 5.75 Å². The molecule has 0 radical (unpaired) electrons. The van der Waals surface area contributed by atoms with Crippen molar-refractivity contribution >= 4 is 17.8 Å². The lowest BCUT2D eigenvalue weighted by Gasteiger charge is -2.42. The number of ether oxygens (including phenoxy) is 1. The molecule has 1 N–H and O–H groups in total. The number of amides is 4. The average Bonchev–Trinajstić information content (AvgIpc) is 2.77. The molecule has 2 aliphatic heterocycles. The Hall–Kier alpha value is -2.78. The standard InChI is InChI=1S/C14H12F3N3O4/c15-14(16,17)24-10-3-1-8(2-4-10)12(22)19-6-9(7-19)20-11(21)5-18-13(20)23/h1-4,9H,5-7H2,(H,18,23). The van der Waals surface area contributed by atoms with Gasteiger partial charge in [-0.2, -0.15) is 0 Å². The van der Waals surface area contributed by atoms with Crippen LogP contribution in [0.15, 0.2) is 24.3 Å². The molecule has 2 aliphatic rings. The molecular formula is C14H12F3N3O4. The molecule has 4 amide bonds. The second-order valence-electron chi connectivity index (χ2n) is 5.36. The maximum Gasteiger partial charge on any atom is 0.573 e. The summed E-state index contributed by atoms with van der Waals surface area (Å²) in [5.74, 6) is -1.15. The van der Waals surface area contributed by atoms with Gasteiger partial charge in [-0.25, -0.2) is 4.79 Å². The zero-order valence-corrected chi connectivity index (χ0v) is 12.2. The SMILES string of the molecule is O=C(c1ccc(OC(F)(F)F)cc1)N1CC(N2C(=O)CNC2=O)C1. The van der Waals surface area contributed by atoms with Crippen molar-refractivity contribution in [3.63, 3.8) is 0 Å². The van der Waals surface area contributed by atoms with Gasteiger partial charge in [0, 0.05) is 18.7 Å². The number of rotatable bonds is 3. The number of nitrogens with zero attached hydrogens (tertiary/aromatic N) is 2. The Kier molecular flexibility index (Phi) is 3.82. The largest absolute Gasteiger partial charge is 0.573 e. The van der Waals surface area contributed by atoms with Gasteiger partial charge in [0.1, 0.15) is 5.75 Å². The van der Waals surface area contributed by atoms with Crippen molar-refractivity contribution in [2.24, 2.45) is 0 Å². The fourth-order valence-corrected chi connectivity index (χ4v) is 2.57. The van der Waals surface area contributed by atoms with Crippen molar-refractivity contribution in [1.29, 1.82) is 0 Å². The monoisotopic (exact) mass is 343 g/mol. The predicted octanol–water partition coefficient (Wildman–Crippen LogP) is 0.961. The van der Waals surface area contributed by atoms with Gasteiger partial charge in [-0.05, 0) is 24.3 Å². The molecule has 2 fully saturated rings. The number of likely N-dealkylation sites (tertiary alicyclic amines) is 1. The first kappa shape index (κ1) is 16.1. The molecule has 0 atom stereocenters. The van der Waals surface area contributed by atoms with E-state index < -0.39 is 24.1 Å². The number of carbonyl (C=O) groups is 3. The third-order valence-corrected chi connectivity index (χ3v) is 3.73. The summed E-state index contributed by atoms with van der Waals surface area (Å²) in [4.78, 5) is 37.8. The molecule has 24 heavy (non-hydrogen) atoms. The first-order valence-electron chi connectivity index (χ1n) is 6.99. The average molecular weight is 343 g/mol. The number of carbonyl (C=O) groups excluding carboxylic acids is 3. The lowest BCUT2D eigenvalue weighted by molar-refractivity contribution is -0.274. The quantitative estimate of drug-likeness (QED) is 0.830. The summed E-state index contributed by atoms with van der Waals surface area (Å²) >= 11 is 0. The molecule has 0 saturated carbocycles. The Labute approximate surface area is 134 Å². The molecule has 0 unspecified atom stereocenters. The molecular weight excluding hydrogens is 331 g/mol. The fourth-order valence-electron chi connectivity index (χ4n) is 2.57. The van der Waals surface area contributed by atoms with E-state index in [1.807, 2.05) is 0 Å². The van der Waals surface area contributed by atoms with Crippen LogP contribution in [0.3, 0.4) is 0 Å². The Morgan fingerprint density at radius 3 is 2.29 bits per heavy atom. The van der Waals surface area contributed by atoms with Crippen LogP contribution < -0.4 is 10.1 Å². The molecule has 0 aliphatic carbocycles. The molecule has 0 spiro atoms. The molecule has 1 aromatic rings. The van der Waals surface area contributed by atoms with E-state index in [-0.39, 0.29) is 37.1 Å². The van der Waals surface area contributed by atoms with Gasteiger partial charge in [0.25, 0.3) is 5.91 Å². The zero-order chi connectivity index (χ0) is 17.5. The highest BCUT2D eigenvalue weighted by Gasteiger charge is 2.43. The molecule has 2 saturated heterocycles. The Bertz CT molecular complexity index is 668. The highest BCUT2D eigenvalue weighted by molar-refractivity contribution is 6.03. The molecule has 2 heterocycles. The number of hydrogen-bond donors (Lipinski definition) is 1. The summed E-state index contributed by atoms with van der Waals surface area (Å²) in [7, 11) is 0. The van der Waals surface area contributed by atoms with E-state index in [1.54, 1.807) is 0 Å². The van der Waals surface area contributed by atoms with Gasteiger partial charge in [0.2, 0.25) is 5.91 Å². The number of imide groups is 1. The predicted molar refractivity (Wildman–Crippen MR) is 73.1 cm³/mol. The number of hydrogen-bond acceptors (Lipinski definition) is 4. The minimum Gasteiger partial charge on any atom is -0.406 e. The Morgan fingerprint density at radius 2 is 1.79 bits per heavy atom. The third kappa shape index (κ3) is 3.12. The van der Waals surface area contributed by atoms with Crippen molar-refractivity contribution in [3.05, 3.63) is 29.8 Å². The van der Waals surface area contributed by atoms with Crippen LogP contribution in [0, 0.1) is 0 Å². The highest BCUT2D eigenvalue weighted by Crippen LogP contribution is 2.24. The number of benzene rings is 1. The fraction of sp³-hybridized carbons (Fsp3) is 0.357. The molecule has 10 heteroatoms. The summed E-state index contributed by atoms with van der Waals surface area (Å²) < 4.78 is 40.0. The minimum absolute atomic E-state index is 0.0516. The van der Waals surface area contributed by atoms with E-state index in [0.717, 1.165) is 17.0 Å². The van der Waals surface area contributed by atoms with Crippen molar-refractivity contribution in [3.8, 4) is 5.75 Å². The van der Waals surface area contributed by atoms with Gasteiger partial charge in [0.15, 0.2) is 0 Å². The maximum atomic E-state index is 12.2. The maximum absolute atomic E-state index is 12.2. The van der Waals surface area contributed by atoms with Gasteiger partial charge < -0.3 is 15.0 Å². The van der Waals surface area contributed by atoms with E-state index >= 15 is 0 Å². The van der Waals surface area contributed by atoms with Crippen LogP contribution in [-0.4, -0.2) is 59.7 Å². The summed E-state index contributed by atoms with van der Waals surface area (Å²) in [6.45, 7) is 0.335. The first-order chi connectivity index (χ1) is 11.2. The molecule has 7 nitrogen and oxygen atoms in total. The van der Waals surface area contributed by atoms with Crippen LogP contribution in [-0.2, 0) is 4.79 Å². The topological polar surface area (TPSA) is 79.0 Å². The van der Waals surface area contributed by atoms with Crippen LogP contribution >= 0.6 is 0 Å². The van der Waals surface area contributed by atoms with E-state index in [2.05, 4.69) is 10.1 Å². The summed E-state index contributed by atoms with van der Waals surface area (Å²) in [6.07, 6.45) is -4.79. The van der Waals surface area contributed by atoms with Crippen molar-refractivity contribution in [2.75, 3.05) is 19.6 Å². The van der Waals surface area contributed by atoms with Crippen LogP contribution in [0.2, 0.25) is 0 Å². The Morgan fingerprint density at radius 1 is 1.17 bits per heavy atom. The lowest BCUT2D eigenvalue weighted by Crippen LogP contribution is -2.62. The van der Waals surface area contributed by atoms with Crippen LogP contribution in [0.4, 0.5) is 18.0 Å². The van der Waals surface area contributed by atoms with Crippen molar-refractivity contribution in [2.45, 2.75) is 12.4 Å². The number of halogens is 3. The van der Waals surface area contributed by atoms with Crippen LogP contribution in [0.25, 0.3) is 0 Å². The second-order valence-corrected chi connectivity index (χ2v) is 5.36. The number of urea groups is 1. The molecule has 1 aromatic carbocycles. The van der Waals surface area contributed by atoms with E-state index in [0.29, 0.717) is 0 Å². The summed E-state index contributed by atoms with van der Waals surface area (Å²) in [6, 6.07) is 3.70. The van der Waals surface area contributed by atoms with Gasteiger partial charge in [-0.1, -0.05) is 0 Å². The van der Waals surface area contributed by atoms with E-state index in [4.69, 9.17) is 0 Å². The summed E-state index contributed by atoms with van der Waals surface area (Å²) in [5, 5.41) is 2.40. The van der Waals surface area contributed by atoms with Gasteiger partial charge in [0.05, 0.1) is 12.6 Å². The van der Waals surface area contributed by atoms with E-state index in [1.165, 1.54) is 17.0 Å². The molecule has 0 aromatic heterocycles. The second kappa shape index (κ2) is 5.69. The van der Waals surface area contributed by atoms with E-state index in [9.17, 15) is 27.6 Å². The smallest absolute Gasteiger partial charge is 0.406 e. The Balaban J connectivity index is 1.58.